The number of urea groups is 1. The third kappa shape index (κ3) is 7.53. The average Bonchev–Trinajstić information content (AvgIpc) is 2.26. The number of amides is 2. The summed E-state index contributed by atoms with van der Waals surface area (Å²) in [5.41, 5.74) is 0. The minimum Gasteiger partial charge on any atom is -0.480 e. The average molecular weight is 248 g/mol. The van der Waals surface area contributed by atoms with Crippen LogP contribution in [0.5, 0.6) is 0 Å². The number of carbonyl (C=O) groups is 2. The summed E-state index contributed by atoms with van der Waals surface area (Å²) in [5, 5.41) is 22.2. The predicted octanol–water partition coefficient (Wildman–Crippen LogP) is -0.596. The molecule has 100 valence electrons. The lowest BCUT2D eigenvalue weighted by molar-refractivity contribution is -0.139. The lowest BCUT2D eigenvalue weighted by atomic mass is 10.2. The van der Waals surface area contributed by atoms with Gasteiger partial charge < -0.3 is 25.6 Å². The minimum atomic E-state index is -1.17. The van der Waals surface area contributed by atoms with E-state index in [4.69, 9.17) is 14.9 Å². The van der Waals surface area contributed by atoms with Gasteiger partial charge in [0.1, 0.15) is 6.04 Å². The van der Waals surface area contributed by atoms with Crippen LogP contribution in [0.3, 0.4) is 0 Å². The van der Waals surface area contributed by atoms with E-state index in [1.807, 2.05) is 6.92 Å². The van der Waals surface area contributed by atoms with E-state index in [0.717, 1.165) is 0 Å². The van der Waals surface area contributed by atoms with Crippen molar-refractivity contribution in [2.75, 3.05) is 26.9 Å². The quantitative estimate of drug-likeness (QED) is 0.459. The summed E-state index contributed by atoms with van der Waals surface area (Å²) >= 11 is 0. The van der Waals surface area contributed by atoms with Gasteiger partial charge in [-0.15, -0.1) is 0 Å². The van der Waals surface area contributed by atoms with Crippen molar-refractivity contribution >= 4 is 12.0 Å². The molecule has 0 aromatic carbocycles. The molecule has 0 aromatic rings. The van der Waals surface area contributed by atoms with Gasteiger partial charge in [-0.1, -0.05) is 6.92 Å². The second-order valence-corrected chi connectivity index (χ2v) is 3.82. The van der Waals surface area contributed by atoms with Crippen molar-refractivity contribution in [1.29, 1.82) is 0 Å². The molecule has 17 heavy (non-hydrogen) atoms. The molecule has 2 atom stereocenters. The number of aliphatic hydroxyl groups excluding tert-OH is 1. The smallest absolute Gasteiger partial charge is 0.326 e. The molecule has 0 aliphatic rings. The van der Waals surface area contributed by atoms with E-state index in [9.17, 15) is 9.59 Å². The van der Waals surface area contributed by atoms with Gasteiger partial charge in [-0.3, -0.25) is 0 Å². The molecule has 0 radical (unpaired) electrons. The Morgan fingerprint density at radius 3 is 2.53 bits per heavy atom. The maximum absolute atomic E-state index is 11.3. The largest absolute Gasteiger partial charge is 0.480 e. The number of carbonyl (C=O) groups excluding carboxylic acids is 1. The number of aliphatic hydroxyl groups is 1. The lowest BCUT2D eigenvalue weighted by Gasteiger charge is -2.16. The van der Waals surface area contributed by atoms with E-state index >= 15 is 0 Å². The number of hydrogen-bond donors (Lipinski definition) is 4. The summed E-state index contributed by atoms with van der Waals surface area (Å²) in [6, 6.07) is -1.63. The third-order valence-electron chi connectivity index (χ3n) is 2.08. The number of carboxylic acid groups (broad SMARTS) is 1. The molecule has 0 saturated carbocycles. The summed E-state index contributed by atoms with van der Waals surface area (Å²) in [6.07, 6.45) is -0.0175. The first-order valence-corrected chi connectivity index (χ1v) is 5.38. The van der Waals surface area contributed by atoms with Crippen LogP contribution in [0.4, 0.5) is 4.79 Å². The lowest BCUT2D eigenvalue weighted by Crippen LogP contribution is -2.47. The zero-order valence-electron chi connectivity index (χ0n) is 10.1. The van der Waals surface area contributed by atoms with Crippen molar-refractivity contribution in [2.24, 2.45) is 5.92 Å². The molecule has 0 spiro atoms. The number of hydrogen-bond acceptors (Lipinski definition) is 4. The Morgan fingerprint density at radius 1 is 1.41 bits per heavy atom. The van der Waals surface area contributed by atoms with E-state index in [0.29, 0.717) is 13.2 Å². The van der Waals surface area contributed by atoms with E-state index in [-0.39, 0.29) is 18.9 Å². The number of methoxy groups -OCH3 is 1. The van der Waals surface area contributed by atoms with Crippen molar-refractivity contribution < 1.29 is 24.5 Å². The fourth-order valence-electron chi connectivity index (χ4n) is 1.21. The van der Waals surface area contributed by atoms with Crippen LogP contribution in [0.25, 0.3) is 0 Å². The molecule has 0 aromatic heterocycles. The van der Waals surface area contributed by atoms with Crippen LogP contribution < -0.4 is 10.6 Å². The van der Waals surface area contributed by atoms with Gasteiger partial charge in [-0.2, -0.15) is 0 Å². The van der Waals surface area contributed by atoms with Crippen molar-refractivity contribution in [2.45, 2.75) is 19.4 Å². The molecule has 0 rings (SSSR count). The number of aliphatic carboxylic acids is 1. The van der Waals surface area contributed by atoms with Crippen LogP contribution in [-0.4, -0.2) is 55.1 Å². The van der Waals surface area contributed by atoms with Crippen molar-refractivity contribution in [3.63, 3.8) is 0 Å². The molecular weight excluding hydrogens is 228 g/mol. The Bertz CT molecular complexity index is 247. The normalized spacial score (nSPS) is 13.8. The fraction of sp³-hybridized carbons (Fsp3) is 0.800. The Kier molecular flexibility index (Phi) is 8.08. The number of nitrogens with one attached hydrogen (secondary N) is 2. The second-order valence-electron chi connectivity index (χ2n) is 3.82. The Labute approximate surface area is 100 Å². The molecule has 0 saturated heterocycles. The third-order valence-corrected chi connectivity index (χ3v) is 2.08. The molecule has 0 bridgehead atoms. The molecule has 4 N–H and O–H groups in total. The van der Waals surface area contributed by atoms with Crippen molar-refractivity contribution in [3.8, 4) is 0 Å². The number of ether oxygens (including phenoxy) is 1. The molecule has 0 aliphatic heterocycles. The monoisotopic (exact) mass is 248 g/mol. The van der Waals surface area contributed by atoms with Crippen LogP contribution in [-0.2, 0) is 9.53 Å². The summed E-state index contributed by atoms with van der Waals surface area (Å²) < 4.78 is 4.89. The summed E-state index contributed by atoms with van der Waals surface area (Å²) in [7, 11) is 1.57. The van der Waals surface area contributed by atoms with Gasteiger partial charge >= 0.3 is 12.0 Å². The fourth-order valence-corrected chi connectivity index (χ4v) is 1.21. The van der Waals surface area contributed by atoms with Gasteiger partial charge in [0.25, 0.3) is 0 Å². The second kappa shape index (κ2) is 8.77. The maximum Gasteiger partial charge on any atom is 0.326 e. The summed E-state index contributed by atoms with van der Waals surface area (Å²) in [5.74, 6) is -1.02. The van der Waals surface area contributed by atoms with E-state index in [1.54, 1.807) is 7.11 Å². The van der Waals surface area contributed by atoms with Gasteiger partial charge in [0.2, 0.25) is 0 Å². The molecule has 7 nitrogen and oxygen atoms in total. The van der Waals surface area contributed by atoms with Crippen LogP contribution in [0.15, 0.2) is 0 Å². The van der Waals surface area contributed by atoms with E-state index in [1.165, 1.54) is 0 Å². The van der Waals surface area contributed by atoms with E-state index < -0.39 is 18.0 Å². The SMILES string of the molecule is COCC(C)CNC(=O)N[C@@H](CCO)C(=O)O. The Hall–Kier alpha value is -1.34. The molecule has 7 heteroatoms. The first-order valence-electron chi connectivity index (χ1n) is 5.38. The topological polar surface area (TPSA) is 108 Å². The van der Waals surface area contributed by atoms with Crippen LogP contribution in [0.2, 0.25) is 0 Å². The highest BCUT2D eigenvalue weighted by atomic mass is 16.5. The number of rotatable bonds is 8. The van der Waals surface area contributed by atoms with Gasteiger partial charge in [-0.05, 0) is 5.92 Å². The predicted molar refractivity (Wildman–Crippen MR) is 60.7 cm³/mol. The van der Waals surface area contributed by atoms with Gasteiger partial charge in [0, 0.05) is 26.7 Å². The first-order chi connectivity index (χ1) is 8.01. The van der Waals surface area contributed by atoms with Crippen LogP contribution in [0.1, 0.15) is 13.3 Å². The zero-order chi connectivity index (χ0) is 13.3. The summed E-state index contributed by atoms with van der Waals surface area (Å²) in [6.45, 7) is 2.51. The molecule has 1 unspecified atom stereocenters. The molecular formula is C10H20N2O5. The van der Waals surface area contributed by atoms with E-state index in [2.05, 4.69) is 10.6 Å². The molecule has 2 amide bonds. The minimum absolute atomic E-state index is 0.0175. The summed E-state index contributed by atoms with van der Waals surface area (Å²) in [4.78, 5) is 22.0. The van der Waals surface area contributed by atoms with Gasteiger partial charge in [0.15, 0.2) is 0 Å². The van der Waals surface area contributed by atoms with Crippen molar-refractivity contribution in [1.82, 2.24) is 10.6 Å². The van der Waals surface area contributed by atoms with Crippen molar-refractivity contribution in [3.05, 3.63) is 0 Å². The highest BCUT2D eigenvalue weighted by molar-refractivity contribution is 5.82. The van der Waals surface area contributed by atoms with Crippen LogP contribution in [0, 0.1) is 5.92 Å². The van der Waals surface area contributed by atoms with Gasteiger partial charge in [0.05, 0.1) is 6.61 Å². The number of carboxylic acids is 1. The highest BCUT2D eigenvalue weighted by Crippen LogP contribution is 1.94. The van der Waals surface area contributed by atoms with Crippen LogP contribution >= 0.6 is 0 Å². The molecule has 0 heterocycles. The standard InChI is InChI=1S/C10H20N2O5/c1-7(6-17-2)5-11-10(16)12-8(3-4-13)9(14)15/h7-8,13H,3-6H2,1-2H3,(H,14,15)(H2,11,12,16)/t7?,8-/m0/s1. The first kappa shape index (κ1) is 15.7. The van der Waals surface area contributed by atoms with Gasteiger partial charge in [-0.25, -0.2) is 9.59 Å². The molecule has 0 aliphatic carbocycles. The Morgan fingerprint density at radius 2 is 2.06 bits per heavy atom. The Balaban J connectivity index is 3.93. The highest BCUT2D eigenvalue weighted by Gasteiger charge is 2.19. The maximum atomic E-state index is 11.3. The molecule has 0 fully saturated rings. The zero-order valence-corrected chi connectivity index (χ0v) is 10.1.